The second-order valence-electron chi connectivity index (χ2n) is 5.45. The van der Waals surface area contributed by atoms with Crippen molar-refractivity contribution in [2.24, 2.45) is 0 Å². The molecule has 1 heterocycles. The molecule has 0 spiro atoms. The average Bonchev–Trinajstić information content (AvgIpc) is 2.77. The van der Waals surface area contributed by atoms with Gasteiger partial charge in [-0.05, 0) is 37.5 Å². The number of hydrogen-bond donors (Lipinski definition) is 1. The molecule has 1 atom stereocenters. The Morgan fingerprint density at radius 1 is 1.38 bits per heavy atom. The van der Waals surface area contributed by atoms with Crippen LogP contribution >= 0.6 is 0 Å². The van der Waals surface area contributed by atoms with Gasteiger partial charge in [0.25, 0.3) is 5.91 Å². The summed E-state index contributed by atoms with van der Waals surface area (Å²) in [4.78, 5) is 14.8. The molecular formula is C18H23NO2. The Balaban J connectivity index is 2.21. The van der Waals surface area contributed by atoms with E-state index in [4.69, 9.17) is 5.11 Å². The Kier molecular flexibility index (Phi) is 5.83. The summed E-state index contributed by atoms with van der Waals surface area (Å²) in [5.74, 6) is 5.59. The maximum absolute atomic E-state index is 12.8. The lowest BCUT2D eigenvalue weighted by Crippen LogP contribution is -2.39. The van der Waals surface area contributed by atoms with Crippen LogP contribution in [0.2, 0.25) is 0 Å². The zero-order chi connectivity index (χ0) is 15.1. The lowest BCUT2D eigenvalue weighted by atomic mass is 10.1. The van der Waals surface area contributed by atoms with Crippen molar-refractivity contribution < 1.29 is 9.90 Å². The Morgan fingerprint density at radius 2 is 2.24 bits per heavy atom. The maximum Gasteiger partial charge on any atom is 0.254 e. The second-order valence-corrected chi connectivity index (χ2v) is 5.45. The molecule has 0 bridgehead atoms. The number of aliphatic hydroxyl groups excluding tert-OH is 1. The molecule has 1 aromatic rings. The zero-order valence-corrected chi connectivity index (χ0v) is 12.6. The predicted molar refractivity (Wildman–Crippen MR) is 84.0 cm³/mol. The standard InChI is InChI=1S/C18H23NO2/c1-2-17-11-4-3-5-12-19(17)18(21)16-10-6-8-15(14-16)9-7-13-20/h6,8,10,14,17,20H,2-5,11-13H2,1H3. The summed E-state index contributed by atoms with van der Waals surface area (Å²) in [5, 5.41) is 8.76. The minimum atomic E-state index is -0.164. The van der Waals surface area contributed by atoms with Crippen LogP contribution in [0.4, 0.5) is 0 Å². The highest BCUT2D eigenvalue weighted by atomic mass is 16.2. The van der Waals surface area contributed by atoms with E-state index in [0.29, 0.717) is 11.6 Å². The number of benzene rings is 1. The number of aliphatic hydroxyl groups is 1. The summed E-state index contributed by atoms with van der Waals surface area (Å²) in [5.41, 5.74) is 1.47. The molecular weight excluding hydrogens is 262 g/mol. The number of nitrogens with zero attached hydrogens (tertiary/aromatic N) is 1. The molecule has 1 saturated heterocycles. The lowest BCUT2D eigenvalue weighted by Gasteiger charge is -2.29. The average molecular weight is 285 g/mol. The van der Waals surface area contributed by atoms with Gasteiger partial charge in [-0.15, -0.1) is 0 Å². The third-order valence-electron chi connectivity index (χ3n) is 4.03. The number of amides is 1. The Bertz CT molecular complexity index is 542. The van der Waals surface area contributed by atoms with E-state index in [0.717, 1.165) is 31.4 Å². The van der Waals surface area contributed by atoms with E-state index < -0.39 is 0 Å². The molecule has 1 amide bonds. The molecule has 1 N–H and O–H groups in total. The summed E-state index contributed by atoms with van der Waals surface area (Å²) in [6, 6.07) is 7.74. The van der Waals surface area contributed by atoms with Crippen LogP contribution in [0.25, 0.3) is 0 Å². The van der Waals surface area contributed by atoms with Gasteiger partial charge in [-0.1, -0.05) is 37.7 Å². The SMILES string of the molecule is CCC1CCCCCN1C(=O)c1cccc(C#CCO)c1. The van der Waals surface area contributed by atoms with Crippen LogP contribution in [-0.2, 0) is 0 Å². The fourth-order valence-corrected chi connectivity index (χ4v) is 2.91. The van der Waals surface area contributed by atoms with Crippen LogP contribution in [0.5, 0.6) is 0 Å². The third kappa shape index (κ3) is 4.09. The number of rotatable bonds is 2. The fourth-order valence-electron chi connectivity index (χ4n) is 2.91. The van der Waals surface area contributed by atoms with Crippen molar-refractivity contribution in [1.29, 1.82) is 0 Å². The smallest absolute Gasteiger partial charge is 0.254 e. The first-order chi connectivity index (χ1) is 10.3. The normalized spacial score (nSPS) is 18.6. The molecule has 2 rings (SSSR count). The van der Waals surface area contributed by atoms with Crippen molar-refractivity contribution in [2.45, 2.75) is 45.1 Å². The molecule has 112 valence electrons. The summed E-state index contributed by atoms with van der Waals surface area (Å²) in [6.45, 7) is 2.84. The van der Waals surface area contributed by atoms with E-state index in [2.05, 4.69) is 18.8 Å². The number of carbonyl (C=O) groups is 1. The van der Waals surface area contributed by atoms with Crippen LogP contribution in [0.1, 0.15) is 54.9 Å². The number of carbonyl (C=O) groups excluding carboxylic acids is 1. The monoisotopic (exact) mass is 285 g/mol. The molecule has 0 saturated carbocycles. The zero-order valence-electron chi connectivity index (χ0n) is 12.6. The van der Waals surface area contributed by atoms with Gasteiger partial charge in [-0.3, -0.25) is 4.79 Å². The van der Waals surface area contributed by atoms with Crippen LogP contribution in [0.3, 0.4) is 0 Å². The van der Waals surface area contributed by atoms with E-state index in [1.807, 2.05) is 29.2 Å². The van der Waals surface area contributed by atoms with Crippen LogP contribution in [-0.4, -0.2) is 35.1 Å². The van der Waals surface area contributed by atoms with Gasteiger partial charge in [0.05, 0.1) is 0 Å². The molecule has 0 radical (unpaired) electrons. The lowest BCUT2D eigenvalue weighted by molar-refractivity contribution is 0.0678. The first-order valence-corrected chi connectivity index (χ1v) is 7.77. The van der Waals surface area contributed by atoms with Gasteiger partial charge in [0.15, 0.2) is 0 Å². The highest BCUT2D eigenvalue weighted by Crippen LogP contribution is 2.21. The molecule has 1 aromatic carbocycles. The summed E-state index contributed by atoms with van der Waals surface area (Å²) < 4.78 is 0. The molecule has 1 aliphatic rings. The largest absolute Gasteiger partial charge is 0.384 e. The van der Waals surface area contributed by atoms with Crippen molar-refractivity contribution in [2.75, 3.05) is 13.2 Å². The highest BCUT2D eigenvalue weighted by Gasteiger charge is 2.24. The first-order valence-electron chi connectivity index (χ1n) is 7.77. The Labute approximate surface area is 127 Å². The van der Waals surface area contributed by atoms with Gasteiger partial charge >= 0.3 is 0 Å². The third-order valence-corrected chi connectivity index (χ3v) is 4.03. The van der Waals surface area contributed by atoms with E-state index in [9.17, 15) is 4.79 Å². The minimum absolute atomic E-state index is 0.108. The van der Waals surface area contributed by atoms with Gasteiger partial charge in [0, 0.05) is 23.7 Å². The first kappa shape index (κ1) is 15.6. The Morgan fingerprint density at radius 3 is 3.00 bits per heavy atom. The minimum Gasteiger partial charge on any atom is -0.384 e. The quantitative estimate of drug-likeness (QED) is 0.849. The van der Waals surface area contributed by atoms with Crippen molar-refractivity contribution in [1.82, 2.24) is 4.90 Å². The van der Waals surface area contributed by atoms with E-state index in [1.54, 1.807) is 0 Å². The molecule has 1 unspecified atom stereocenters. The molecule has 0 aliphatic carbocycles. The Hall–Kier alpha value is -1.79. The topological polar surface area (TPSA) is 40.5 Å². The molecule has 1 aliphatic heterocycles. The van der Waals surface area contributed by atoms with Gasteiger partial charge in [0.1, 0.15) is 6.61 Å². The molecule has 21 heavy (non-hydrogen) atoms. The van der Waals surface area contributed by atoms with Gasteiger partial charge < -0.3 is 10.0 Å². The van der Waals surface area contributed by atoms with E-state index >= 15 is 0 Å². The highest BCUT2D eigenvalue weighted by molar-refractivity contribution is 5.94. The summed E-state index contributed by atoms with van der Waals surface area (Å²) in [6.07, 6.45) is 5.63. The van der Waals surface area contributed by atoms with Crippen LogP contribution in [0, 0.1) is 11.8 Å². The van der Waals surface area contributed by atoms with Crippen LogP contribution < -0.4 is 0 Å². The van der Waals surface area contributed by atoms with Gasteiger partial charge in [-0.2, -0.15) is 0 Å². The van der Waals surface area contributed by atoms with E-state index in [1.165, 1.54) is 12.8 Å². The maximum atomic E-state index is 12.8. The molecule has 0 aromatic heterocycles. The van der Waals surface area contributed by atoms with Gasteiger partial charge in [-0.25, -0.2) is 0 Å². The van der Waals surface area contributed by atoms with Crippen molar-refractivity contribution in [3.63, 3.8) is 0 Å². The molecule has 3 heteroatoms. The molecule has 1 fully saturated rings. The fraction of sp³-hybridized carbons (Fsp3) is 0.500. The summed E-state index contributed by atoms with van der Waals surface area (Å²) in [7, 11) is 0. The predicted octanol–water partition coefficient (Wildman–Crippen LogP) is 2.83. The van der Waals surface area contributed by atoms with E-state index in [-0.39, 0.29) is 12.5 Å². The van der Waals surface area contributed by atoms with Crippen LogP contribution in [0.15, 0.2) is 24.3 Å². The van der Waals surface area contributed by atoms with Crippen molar-refractivity contribution in [3.05, 3.63) is 35.4 Å². The number of hydrogen-bond acceptors (Lipinski definition) is 2. The second kappa shape index (κ2) is 7.85. The van der Waals surface area contributed by atoms with Crippen molar-refractivity contribution in [3.8, 4) is 11.8 Å². The van der Waals surface area contributed by atoms with Crippen molar-refractivity contribution >= 4 is 5.91 Å². The van der Waals surface area contributed by atoms with Gasteiger partial charge in [0.2, 0.25) is 0 Å². The number of likely N-dealkylation sites (tertiary alicyclic amines) is 1. The molecule has 3 nitrogen and oxygen atoms in total. The summed E-state index contributed by atoms with van der Waals surface area (Å²) >= 11 is 0.